The van der Waals surface area contributed by atoms with Crippen LogP contribution in [-0.4, -0.2) is 25.7 Å². The Labute approximate surface area is 167 Å². The van der Waals surface area contributed by atoms with Crippen LogP contribution in [0.5, 0.6) is 5.75 Å². The minimum atomic E-state index is -0.313. The molecule has 0 saturated heterocycles. The van der Waals surface area contributed by atoms with Gasteiger partial charge in [0.15, 0.2) is 11.5 Å². The fourth-order valence-corrected chi connectivity index (χ4v) is 3.09. The summed E-state index contributed by atoms with van der Waals surface area (Å²) < 4.78 is 12.8. The molecule has 0 bridgehead atoms. The molecule has 148 valence electrons. The van der Waals surface area contributed by atoms with Gasteiger partial charge in [-0.3, -0.25) is 9.20 Å². The van der Waals surface area contributed by atoms with E-state index < -0.39 is 0 Å². The van der Waals surface area contributed by atoms with Crippen LogP contribution >= 0.6 is 0 Å². The lowest BCUT2D eigenvalue weighted by molar-refractivity contribution is 0.0937. The zero-order valence-corrected chi connectivity index (χ0v) is 16.4. The monoisotopic (exact) mass is 391 g/mol. The van der Waals surface area contributed by atoms with Gasteiger partial charge in [-0.2, -0.15) is 0 Å². The van der Waals surface area contributed by atoms with Crippen LogP contribution in [0.3, 0.4) is 0 Å². The highest BCUT2D eigenvalue weighted by molar-refractivity contribution is 5.94. The molecule has 0 aliphatic heterocycles. The third kappa shape index (κ3) is 3.82. The van der Waals surface area contributed by atoms with E-state index in [1.807, 2.05) is 55.6 Å². The molecular formula is C21H21N5O3. The first-order valence-corrected chi connectivity index (χ1v) is 9.28. The molecule has 1 N–H and O–H groups in total. The molecule has 0 saturated carbocycles. The molecule has 1 unspecified atom stereocenters. The lowest BCUT2D eigenvalue weighted by atomic mass is 10.2. The molecule has 3 aromatic heterocycles. The van der Waals surface area contributed by atoms with Crippen LogP contribution in [0.2, 0.25) is 0 Å². The summed E-state index contributed by atoms with van der Waals surface area (Å²) in [5, 5.41) is 15.2. The number of benzene rings is 1. The van der Waals surface area contributed by atoms with Gasteiger partial charge in [-0.25, -0.2) is 0 Å². The van der Waals surface area contributed by atoms with Crippen molar-refractivity contribution in [1.29, 1.82) is 0 Å². The molecule has 1 atom stereocenters. The van der Waals surface area contributed by atoms with E-state index in [0.717, 1.165) is 22.7 Å². The Morgan fingerprint density at radius 2 is 2.07 bits per heavy atom. The zero-order chi connectivity index (χ0) is 20.4. The Hall–Kier alpha value is -3.68. The van der Waals surface area contributed by atoms with Gasteiger partial charge >= 0.3 is 0 Å². The van der Waals surface area contributed by atoms with Crippen molar-refractivity contribution in [3.05, 3.63) is 77.1 Å². The third-order valence-corrected chi connectivity index (χ3v) is 4.74. The van der Waals surface area contributed by atoms with E-state index >= 15 is 0 Å². The summed E-state index contributed by atoms with van der Waals surface area (Å²) in [5.74, 6) is 1.77. The first-order valence-electron chi connectivity index (χ1n) is 9.28. The number of hydrogen-bond donors (Lipinski definition) is 1. The van der Waals surface area contributed by atoms with Gasteiger partial charge in [0, 0.05) is 11.8 Å². The first kappa shape index (κ1) is 18.7. The average molecular weight is 391 g/mol. The summed E-state index contributed by atoms with van der Waals surface area (Å²) in [6.45, 7) is 5.92. The van der Waals surface area contributed by atoms with Crippen LogP contribution in [0, 0.1) is 13.8 Å². The molecule has 1 amide bonds. The van der Waals surface area contributed by atoms with Crippen LogP contribution in [-0.2, 0) is 6.61 Å². The molecule has 8 nitrogen and oxygen atoms in total. The lowest BCUT2D eigenvalue weighted by Gasteiger charge is -2.13. The molecule has 0 radical (unpaired) electrons. The van der Waals surface area contributed by atoms with E-state index in [1.54, 1.807) is 18.2 Å². The summed E-state index contributed by atoms with van der Waals surface area (Å²) in [6.07, 6.45) is 1.87. The molecule has 0 aliphatic carbocycles. The van der Waals surface area contributed by atoms with Gasteiger partial charge in [0.25, 0.3) is 5.91 Å². The van der Waals surface area contributed by atoms with Crippen molar-refractivity contribution < 1.29 is 14.1 Å². The van der Waals surface area contributed by atoms with Crippen molar-refractivity contribution in [2.24, 2.45) is 0 Å². The first-order chi connectivity index (χ1) is 14.0. The van der Waals surface area contributed by atoms with Gasteiger partial charge in [-0.1, -0.05) is 17.3 Å². The normalized spacial score (nSPS) is 12.1. The predicted octanol–water partition coefficient (Wildman–Crippen LogP) is 3.40. The molecule has 0 aliphatic rings. The number of nitrogens with one attached hydrogen (secondary N) is 1. The van der Waals surface area contributed by atoms with E-state index in [4.69, 9.17) is 9.26 Å². The van der Waals surface area contributed by atoms with Gasteiger partial charge in [0.05, 0.1) is 17.3 Å². The molecule has 4 rings (SSSR count). The van der Waals surface area contributed by atoms with Crippen LogP contribution in [0.15, 0.2) is 53.2 Å². The number of aromatic nitrogens is 4. The number of amides is 1. The maximum absolute atomic E-state index is 12.7. The summed E-state index contributed by atoms with van der Waals surface area (Å²) in [7, 11) is 0. The highest BCUT2D eigenvalue weighted by Crippen LogP contribution is 2.19. The average Bonchev–Trinajstić information content (AvgIpc) is 3.30. The van der Waals surface area contributed by atoms with Gasteiger partial charge in [-0.05, 0) is 51.1 Å². The quantitative estimate of drug-likeness (QED) is 0.541. The summed E-state index contributed by atoms with van der Waals surface area (Å²) in [6, 6.07) is 12.4. The molecule has 8 heteroatoms. The number of carbonyl (C=O) groups excluding carboxylic acids is 1. The van der Waals surface area contributed by atoms with E-state index in [9.17, 15) is 4.79 Å². The molecular weight excluding hydrogens is 370 g/mol. The molecule has 1 aromatic carbocycles. The predicted molar refractivity (Wildman–Crippen MR) is 106 cm³/mol. The second-order valence-electron chi connectivity index (χ2n) is 6.80. The van der Waals surface area contributed by atoms with Crippen molar-refractivity contribution in [2.45, 2.75) is 33.4 Å². The van der Waals surface area contributed by atoms with Crippen molar-refractivity contribution in [1.82, 2.24) is 25.1 Å². The summed E-state index contributed by atoms with van der Waals surface area (Å²) >= 11 is 0. The number of pyridine rings is 1. The van der Waals surface area contributed by atoms with Gasteiger partial charge in [-0.15, -0.1) is 10.2 Å². The maximum Gasteiger partial charge on any atom is 0.251 e. The van der Waals surface area contributed by atoms with Crippen molar-refractivity contribution in [3.63, 3.8) is 0 Å². The number of carbonyl (C=O) groups is 1. The SMILES string of the molecule is Cc1noc(C)c1COc1cccc(C(=O)NC(C)c2nnc3ccccn23)c1. The van der Waals surface area contributed by atoms with Crippen LogP contribution in [0.1, 0.15) is 46.2 Å². The van der Waals surface area contributed by atoms with E-state index in [-0.39, 0.29) is 11.9 Å². The van der Waals surface area contributed by atoms with Crippen LogP contribution in [0.4, 0.5) is 0 Å². The molecule has 29 heavy (non-hydrogen) atoms. The number of ether oxygens (including phenoxy) is 1. The molecule has 3 heterocycles. The Kier molecular flexibility index (Phi) is 4.99. The van der Waals surface area contributed by atoms with Crippen molar-refractivity contribution >= 4 is 11.6 Å². The Balaban J connectivity index is 1.45. The largest absolute Gasteiger partial charge is 0.489 e. The topological polar surface area (TPSA) is 94.5 Å². The van der Waals surface area contributed by atoms with E-state index in [2.05, 4.69) is 20.7 Å². The van der Waals surface area contributed by atoms with Crippen LogP contribution < -0.4 is 10.1 Å². The number of nitrogens with zero attached hydrogens (tertiary/aromatic N) is 4. The standard InChI is InChI=1S/C21H21N5O3/c1-13-18(15(3)29-25-13)12-28-17-8-6-7-16(11-17)21(27)22-14(2)20-24-23-19-9-4-5-10-26(19)20/h4-11,14H,12H2,1-3H3,(H,22,27). The molecule has 0 spiro atoms. The van der Waals surface area contributed by atoms with Crippen LogP contribution in [0.25, 0.3) is 5.65 Å². The summed E-state index contributed by atoms with van der Waals surface area (Å²) in [5.41, 5.74) is 2.94. The Morgan fingerprint density at radius 3 is 2.86 bits per heavy atom. The van der Waals surface area contributed by atoms with Gasteiger partial charge in [0.1, 0.15) is 18.1 Å². The second kappa shape index (κ2) is 7.75. The second-order valence-corrected chi connectivity index (χ2v) is 6.80. The minimum absolute atomic E-state index is 0.215. The number of rotatable bonds is 6. The maximum atomic E-state index is 12.7. The third-order valence-electron chi connectivity index (χ3n) is 4.74. The minimum Gasteiger partial charge on any atom is -0.489 e. The van der Waals surface area contributed by atoms with Gasteiger partial charge in [0.2, 0.25) is 0 Å². The lowest BCUT2D eigenvalue weighted by Crippen LogP contribution is -2.28. The number of aryl methyl sites for hydroxylation is 2. The highest BCUT2D eigenvalue weighted by Gasteiger charge is 2.17. The smallest absolute Gasteiger partial charge is 0.251 e. The zero-order valence-electron chi connectivity index (χ0n) is 16.4. The number of hydrogen-bond acceptors (Lipinski definition) is 6. The van der Waals surface area contributed by atoms with Gasteiger partial charge < -0.3 is 14.6 Å². The number of fused-ring (bicyclic) bond motifs is 1. The summed E-state index contributed by atoms with van der Waals surface area (Å²) in [4.78, 5) is 12.7. The van der Waals surface area contributed by atoms with E-state index in [0.29, 0.717) is 23.7 Å². The fourth-order valence-electron chi connectivity index (χ4n) is 3.09. The van der Waals surface area contributed by atoms with Crippen molar-refractivity contribution in [3.8, 4) is 5.75 Å². The fraction of sp³-hybridized carbons (Fsp3) is 0.238. The molecule has 0 fully saturated rings. The van der Waals surface area contributed by atoms with Crippen molar-refractivity contribution in [2.75, 3.05) is 0 Å². The Morgan fingerprint density at radius 1 is 1.21 bits per heavy atom. The van der Waals surface area contributed by atoms with E-state index in [1.165, 1.54) is 0 Å². The highest BCUT2D eigenvalue weighted by atomic mass is 16.5. The Bertz CT molecular complexity index is 1140. The molecule has 4 aromatic rings.